The maximum atomic E-state index is 11.4. The number of fused-ring (bicyclic) bond motifs is 2. The number of nitrogens with one attached hydrogen (secondary N) is 2. The molecule has 80 valence electrons. The minimum atomic E-state index is 0.113. The number of carbonyl (C=O) groups is 1. The second-order valence-electron chi connectivity index (χ2n) is 4.94. The number of amides is 1. The lowest BCUT2D eigenvalue weighted by Crippen LogP contribution is -2.36. The van der Waals surface area contributed by atoms with Crippen LogP contribution in [0.3, 0.4) is 0 Å². The molecule has 2 N–H and O–H groups in total. The van der Waals surface area contributed by atoms with E-state index in [-0.39, 0.29) is 11.8 Å². The van der Waals surface area contributed by atoms with Crippen molar-refractivity contribution in [2.75, 3.05) is 6.54 Å². The van der Waals surface area contributed by atoms with Crippen molar-refractivity contribution in [3.05, 3.63) is 0 Å². The molecule has 2 heterocycles. The van der Waals surface area contributed by atoms with Gasteiger partial charge in [0.2, 0.25) is 5.91 Å². The van der Waals surface area contributed by atoms with Crippen molar-refractivity contribution in [3.8, 4) is 0 Å². The summed E-state index contributed by atoms with van der Waals surface area (Å²) in [6, 6.07) is 1.41. The van der Waals surface area contributed by atoms with Gasteiger partial charge in [0.25, 0.3) is 0 Å². The van der Waals surface area contributed by atoms with Crippen molar-refractivity contribution in [1.82, 2.24) is 10.6 Å². The molecule has 3 nitrogen and oxygen atoms in total. The predicted molar refractivity (Wildman–Crippen MR) is 55.9 cm³/mol. The van der Waals surface area contributed by atoms with Crippen LogP contribution in [0.5, 0.6) is 0 Å². The van der Waals surface area contributed by atoms with Crippen LogP contribution < -0.4 is 10.6 Å². The fourth-order valence-electron chi connectivity index (χ4n) is 2.60. The van der Waals surface area contributed by atoms with Crippen molar-refractivity contribution < 1.29 is 4.79 Å². The molecule has 2 aliphatic heterocycles. The minimum Gasteiger partial charge on any atom is -0.356 e. The molecule has 2 aliphatic rings. The molecule has 0 aromatic rings. The van der Waals surface area contributed by atoms with Gasteiger partial charge in [0.1, 0.15) is 0 Å². The van der Waals surface area contributed by atoms with E-state index in [9.17, 15) is 4.79 Å². The number of hydrogen-bond donors (Lipinski definition) is 2. The molecule has 0 aromatic heterocycles. The average Bonchev–Trinajstić information content (AvgIpc) is 2.74. The zero-order chi connectivity index (χ0) is 10.1. The molecule has 2 fully saturated rings. The quantitative estimate of drug-likeness (QED) is 0.704. The molecule has 1 amide bonds. The van der Waals surface area contributed by atoms with Gasteiger partial charge in [-0.2, -0.15) is 0 Å². The van der Waals surface area contributed by atoms with Gasteiger partial charge in [-0.3, -0.25) is 4.79 Å². The summed E-state index contributed by atoms with van der Waals surface area (Å²) < 4.78 is 0. The van der Waals surface area contributed by atoms with Crippen LogP contribution in [-0.2, 0) is 4.79 Å². The van der Waals surface area contributed by atoms with Gasteiger partial charge in [-0.15, -0.1) is 0 Å². The van der Waals surface area contributed by atoms with Gasteiger partial charge in [0, 0.05) is 24.5 Å². The minimum absolute atomic E-state index is 0.113. The van der Waals surface area contributed by atoms with Crippen molar-refractivity contribution in [2.45, 2.75) is 45.2 Å². The fourth-order valence-corrected chi connectivity index (χ4v) is 2.60. The van der Waals surface area contributed by atoms with Gasteiger partial charge in [-0.05, 0) is 25.2 Å². The Balaban J connectivity index is 1.74. The second-order valence-corrected chi connectivity index (χ2v) is 4.94. The van der Waals surface area contributed by atoms with Gasteiger partial charge in [-0.1, -0.05) is 13.8 Å². The number of carbonyl (C=O) groups excluding carboxylic acids is 1. The number of hydrogen-bond acceptors (Lipinski definition) is 2. The van der Waals surface area contributed by atoms with Gasteiger partial charge in [-0.25, -0.2) is 0 Å². The van der Waals surface area contributed by atoms with Crippen LogP contribution in [0.2, 0.25) is 0 Å². The lowest BCUT2D eigenvalue weighted by molar-refractivity contribution is -0.124. The molecular weight excluding hydrogens is 176 g/mol. The van der Waals surface area contributed by atoms with Crippen LogP contribution in [0.1, 0.15) is 33.1 Å². The first-order valence-electron chi connectivity index (χ1n) is 5.70. The highest BCUT2D eigenvalue weighted by Crippen LogP contribution is 2.32. The third-order valence-corrected chi connectivity index (χ3v) is 3.50. The Hall–Kier alpha value is -0.570. The van der Waals surface area contributed by atoms with Crippen LogP contribution in [0.25, 0.3) is 0 Å². The third kappa shape index (κ3) is 1.92. The largest absolute Gasteiger partial charge is 0.356 e. The highest BCUT2D eigenvalue weighted by molar-refractivity contribution is 5.77. The van der Waals surface area contributed by atoms with E-state index in [1.807, 2.05) is 13.8 Å². The van der Waals surface area contributed by atoms with E-state index in [0.29, 0.717) is 12.0 Å². The van der Waals surface area contributed by atoms with E-state index in [4.69, 9.17) is 0 Å². The molecule has 2 rings (SSSR count). The first-order valence-corrected chi connectivity index (χ1v) is 5.70. The summed E-state index contributed by atoms with van der Waals surface area (Å²) in [5, 5.41) is 6.61. The zero-order valence-corrected chi connectivity index (χ0v) is 9.05. The molecule has 2 saturated heterocycles. The smallest absolute Gasteiger partial charge is 0.222 e. The van der Waals surface area contributed by atoms with Crippen molar-refractivity contribution >= 4 is 5.91 Å². The molecular formula is C11H20N2O. The molecule has 3 heteroatoms. The van der Waals surface area contributed by atoms with Crippen LogP contribution in [0.4, 0.5) is 0 Å². The van der Waals surface area contributed by atoms with E-state index in [2.05, 4.69) is 10.6 Å². The molecule has 2 bridgehead atoms. The molecule has 0 saturated carbocycles. The fraction of sp³-hybridized carbons (Fsp3) is 0.909. The standard InChI is InChI=1S/C11H20N2O/c1-7(2)11(14)12-6-8-5-9-3-4-10(8)13-9/h7-10,13H,3-6H2,1-2H3,(H,12,14). The maximum Gasteiger partial charge on any atom is 0.222 e. The molecule has 0 aliphatic carbocycles. The second kappa shape index (κ2) is 3.89. The Labute approximate surface area is 85.6 Å². The number of rotatable bonds is 3. The van der Waals surface area contributed by atoms with E-state index in [1.54, 1.807) is 0 Å². The Bertz CT molecular complexity index is 227. The SMILES string of the molecule is CC(C)C(=O)NCC1CC2CCC1N2. The molecule has 0 radical (unpaired) electrons. The van der Waals surface area contributed by atoms with Crippen LogP contribution in [-0.4, -0.2) is 24.5 Å². The van der Waals surface area contributed by atoms with Crippen LogP contribution >= 0.6 is 0 Å². The van der Waals surface area contributed by atoms with Gasteiger partial charge >= 0.3 is 0 Å². The average molecular weight is 196 g/mol. The van der Waals surface area contributed by atoms with Crippen molar-refractivity contribution in [3.63, 3.8) is 0 Å². The Morgan fingerprint density at radius 2 is 2.29 bits per heavy atom. The monoisotopic (exact) mass is 196 g/mol. The summed E-state index contributed by atoms with van der Waals surface area (Å²) in [7, 11) is 0. The van der Waals surface area contributed by atoms with E-state index >= 15 is 0 Å². The zero-order valence-electron chi connectivity index (χ0n) is 9.05. The third-order valence-electron chi connectivity index (χ3n) is 3.50. The first kappa shape index (κ1) is 9.97. The highest BCUT2D eigenvalue weighted by Gasteiger charge is 2.38. The van der Waals surface area contributed by atoms with E-state index in [1.165, 1.54) is 19.3 Å². The van der Waals surface area contributed by atoms with Gasteiger partial charge in [0.15, 0.2) is 0 Å². The normalized spacial score (nSPS) is 35.2. The van der Waals surface area contributed by atoms with Gasteiger partial charge < -0.3 is 10.6 Å². The Morgan fingerprint density at radius 1 is 1.50 bits per heavy atom. The van der Waals surface area contributed by atoms with Crippen LogP contribution in [0.15, 0.2) is 0 Å². The Morgan fingerprint density at radius 3 is 2.79 bits per heavy atom. The summed E-state index contributed by atoms with van der Waals surface area (Å²) in [5.41, 5.74) is 0. The highest BCUT2D eigenvalue weighted by atomic mass is 16.1. The maximum absolute atomic E-state index is 11.4. The summed E-state index contributed by atoms with van der Waals surface area (Å²) in [4.78, 5) is 11.4. The van der Waals surface area contributed by atoms with E-state index in [0.717, 1.165) is 12.6 Å². The topological polar surface area (TPSA) is 41.1 Å². The summed E-state index contributed by atoms with van der Waals surface area (Å²) >= 11 is 0. The lowest BCUT2D eigenvalue weighted by atomic mass is 9.89. The van der Waals surface area contributed by atoms with Crippen molar-refractivity contribution in [2.24, 2.45) is 11.8 Å². The first-order chi connectivity index (χ1) is 6.66. The summed E-state index contributed by atoms with van der Waals surface area (Å²) in [5.74, 6) is 0.978. The molecule has 14 heavy (non-hydrogen) atoms. The summed E-state index contributed by atoms with van der Waals surface area (Å²) in [6.45, 7) is 4.74. The molecule has 3 atom stereocenters. The molecule has 0 spiro atoms. The van der Waals surface area contributed by atoms with Crippen LogP contribution in [0, 0.1) is 11.8 Å². The van der Waals surface area contributed by atoms with Gasteiger partial charge in [0.05, 0.1) is 0 Å². The molecule has 3 unspecified atom stereocenters. The van der Waals surface area contributed by atoms with Crippen molar-refractivity contribution in [1.29, 1.82) is 0 Å². The molecule has 0 aromatic carbocycles. The lowest BCUT2D eigenvalue weighted by Gasteiger charge is -2.20. The van der Waals surface area contributed by atoms with E-state index < -0.39 is 0 Å². The summed E-state index contributed by atoms with van der Waals surface area (Å²) in [6.07, 6.45) is 3.88. The predicted octanol–water partition coefficient (Wildman–Crippen LogP) is 0.899. The Kier molecular flexibility index (Phi) is 2.77.